The van der Waals surface area contributed by atoms with Crippen LogP contribution in [0.2, 0.25) is 0 Å². The van der Waals surface area contributed by atoms with Crippen LogP contribution in [0.1, 0.15) is 20.8 Å². The van der Waals surface area contributed by atoms with Gasteiger partial charge in [0.05, 0.1) is 6.20 Å². The van der Waals surface area contributed by atoms with Crippen LogP contribution in [0.4, 0.5) is 0 Å². The van der Waals surface area contributed by atoms with Crippen molar-refractivity contribution < 1.29 is 14.3 Å². The number of β-lactam (4-membered cyclic amide) rings is 1. The number of rotatable bonds is 5. The van der Waals surface area contributed by atoms with Gasteiger partial charge in [0.2, 0.25) is 0 Å². The Kier molecular flexibility index (Phi) is 5.65. The van der Waals surface area contributed by atoms with Crippen molar-refractivity contribution in [3.05, 3.63) is 17.5 Å². The van der Waals surface area contributed by atoms with Crippen LogP contribution in [0.5, 0.6) is 0 Å². The number of thioether (sulfide) groups is 3. The fourth-order valence-corrected chi connectivity index (χ4v) is 6.54. The van der Waals surface area contributed by atoms with Crippen molar-refractivity contribution >= 4 is 58.7 Å². The van der Waals surface area contributed by atoms with Crippen molar-refractivity contribution in [1.82, 2.24) is 14.5 Å². The van der Waals surface area contributed by atoms with E-state index < -0.39 is 16.4 Å². The van der Waals surface area contributed by atoms with Gasteiger partial charge in [-0.2, -0.15) is 0 Å². The van der Waals surface area contributed by atoms with Gasteiger partial charge in [-0.3, -0.25) is 9.69 Å². The van der Waals surface area contributed by atoms with Crippen molar-refractivity contribution in [2.45, 2.75) is 40.8 Å². The molecule has 0 unspecified atom stereocenters. The average Bonchev–Trinajstić information content (AvgIpc) is 3.09. The monoisotopic (exact) mass is 432 g/mol. The van der Waals surface area contributed by atoms with Gasteiger partial charge in [-0.15, -0.1) is 40.4 Å². The number of hydrogen-bond acceptors (Lipinski definition) is 10. The molecular weight excluding hydrogens is 412 g/mol. The van der Waals surface area contributed by atoms with Crippen LogP contribution in [0, 0.1) is 0 Å². The molecule has 3 rings (SSSR count). The largest absolute Gasteiger partial charge is 0.455 e. The molecule has 3 heterocycles. The maximum atomic E-state index is 12.9. The first-order chi connectivity index (χ1) is 12.2. The second-order valence-corrected chi connectivity index (χ2v) is 11.0. The maximum absolute atomic E-state index is 12.9. The van der Waals surface area contributed by atoms with Gasteiger partial charge in [-0.25, -0.2) is 4.79 Å². The Labute approximate surface area is 169 Å². The zero-order chi connectivity index (χ0) is 19.1. The minimum absolute atomic E-state index is 0.245. The Balaban J connectivity index is 1.90. The Hall–Kier alpha value is -0.750. The molecule has 1 saturated heterocycles. The summed E-state index contributed by atoms with van der Waals surface area (Å²) >= 11 is 5.75. The van der Waals surface area contributed by atoms with Gasteiger partial charge in [0.1, 0.15) is 20.9 Å². The molecule has 7 nitrogen and oxygen atoms in total. The number of ether oxygens (including phenoxy) is 1. The van der Waals surface area contributed by atoms with E-state index in [0.29, 0.717) is 17.2 Å². The zero-order valence-electron chi connectivity index (χ0n) is 14.8. The third-order valence-electron chi connectivity index (χ3n) is 3.81. The standard InChI is InChI=1S/C15H20N4O3S4/c1-14(2,3)22-11(20)10-8(6-24-9-5-17-18-26-9)7-25-13-15(16,23-4)12(21)19(10)13/h5,13H,6-7,16H2,1-4H3/t13-,15+/m1/s1. The van der Waals surface area contributed by atoms with Gasteiger partial charge in [0.25, 0.3) is 5.91 Å². The number of aromatic nitrogens is 2. The highest BCUT2D eigenvalue weighted by atomic mass is 32.2. The summed E-state index contributed by atoms with van der Waals surface area (Å²) in [4.78, 5) is 26.1. The molecule has 0 aromatic carbocycles. The lowest BCUT2D eigenvalue weighted by molar-refractivity contribution is -0.158. The predicted octanol–water partition coefficient (Wildman–Crippen LogP) is 2.16. The minimum Gasteiger partial charge on any atom is -0.455 e. The van der Waals surface area contributed by atoms with Crippen LogP contribution >= 0.6 is 46.8 Å². The summed E-state index contributed by atoms with van der Waals surface area (Å²) in [5, 5.41) is 3.56. The average molecular weight is 433 g/mol. The summed E-state index contributed by atoms with van der Waals surface area (Å²) in [5.41, 5.74) is 6.81. The maximum Gasteiger partial charge on any atom is 0.355 e. The first kappa shape index (κ1) is 20.0. The van der Waals surface area contributed by atoms with E-state index in [-0.39, 0.29) is 11.3 Å². The first-order valence-corrected chi connectivity index (χ1v) is 11.9. The van der Waals surface area contributed by atoms with Crippen LogP contribution in [0.25, 0.3) is 0 Å². The number of nitrogens with zero attached hydrogens (tertiary/aromatic N) is 3. The molecule has 0 bridgehead atoms. The third-order valence-corrected chi connectivity index (χ3v) is 8.36. The van der Waals surface area contributed by atoms with Crippen LogP contribution in [0.3, 0.4) is 0 Å². The molecule has 0 radical (unpaired) electrons. The van der Waals surface area contributed by atoms with Gasteiger partial charge in [-0.1, -0.05) is 4.49 Å². The molecule has 142 valence electrons. The molecule has 2 atom stereocenters. The SMILES string of the molecule is CS[C@@]1(N)C(=O)N2C(C(=O)OC(C)(C)C)=C(CSc3cnns3)CS[C@@H]21. The summed E-state index contributed by atoms with van der Waals surface area (Å²) in [6.45, 7) is 5.43. The molecular formula is C15H20N4O3S4. The lowest BCUT2D eigenvalue weighted by Gasteiger charge is -2.55. The molecule has 2 N–H and O–H groups in total. The Morgan fingerprint density at radius 2 is 2.27 bits per heavy atom. The number of esters is 1. The van der Waals surface area contributed by atoms with Crippen LogP contribution in [0.15, 0.2) is 21.7 Å². The molecule has 1 aromatic heterocycles. The lowest BCUT2D eigenvalue weighted by atomic mass is 10.0. The zero-order valence-corrected chi connectivity index (χ0v) is 18.1. The van der Waals surface area contributed by atoms with Gasteiger partial charge in [0.15, 0.2) is 4.87 Å². The first-order valence-electron chi connectivity index (χ1n) is 7.82. The van der Waals surface area contributed by atoms with Crippen molar-refractivity contribution in [2.75, 3.05) is 17.8 Å². The van der Waals surface area contributed by atoms with Gasteiger partial charge >= 0.3 is 5.97 Å². The smallest absolute Gasteiger partial charge is 0.355 e. The highest BCUT2D eigenvalue weighted by molar-refractivity contribution is 8.05. The number of nitrogens with two attached hydrogens (primary N) is 1. The number of amides is 1. The number of fused-ring (bicyclic) bond motifs is 1. The number of carbonyl (C=O) groups is 2. The van der Waals surface area contributed by atoms with E-state index in [1.165, 1.54) is 28.2 Å². The fourth-order valence-electron chi connectivity index (χ4n) is 2.61. The summed E-state index contributed by atoms with van der Waals surface area (Å²) in [6, 6.07) is 0. The number of hydrogen-bond donors (Lipinski definition) is 1. The Morgan fingerprint density at radius 1 is 1.54 bits per heavy atom. The van der Waals surface area contributed by atoms with E-state index in [4.69, 9.17) is 10.5 Å². The van der Waals surface area contributed by atoms with Crippen molar-refractivity contribution in [3.63, 3.8) is 0 Å². The molecule has 0 spiro atoms. The second-order valence-electron chi connectivity index (χ2n) is 6.82. The molecule has 0 aliphatic carbocycles. The Bertz CT molecular complexity index is 747. The minimum atomic E-state index is -0.988. The van der Waals surface area contributed by atoms with Crippen LogP contribution in [-0.4, -0.2) is 60.0 Å². The second kappa shape index (κ2) is 7.34. The normalized spacial score (nSPS) is 25.8. The van der Waals surface area contributed by atoms with E-state index in [9.17, 15) is 9.59 Å². The van der Waals surface area contributed by atoms with Crippen LogP contribution in [-0.2, 0) is 14.3 Å². The van der Waals surface area contributed by atoms with Crippen LogP contribution < -0.4 is 5.73 Å². The highest BCUT2D eigenvalue weighted by Gasteiger charge is 2.62. The summed E-state index contributed by atoms with van der Waals surface area (Å²) in [6.07, 6.45) is 3.50. The van der Waals surface area contributed by atoms with E-state index in [1.54, 1.807) is 29.7 Å². The third kappa shape index (κ3) is 3.64. The van der Waals surface area contributed by atoms with Gasteiger partial charge in [-0.05, 0) is 44.1 Å². The molecule has 2 aliphatic rings. The van der Waals surface area contributed by atoms with E-state index in [0.717, 1.165) is 9.78 Å². The predicted molar refractivity (Wildman–Crippen MR) is 107 cm³/mol. The van der Waals surface area contributed by atoms with E-state index in [2.05, 4.69) is 9.59 Å². The molecule has 0 saturated carbocycles. The van der Waals surface area contributed by atoms with Crippen molar-refractivity contribution in [1.29, 1.82) is 0 Å². The van der Waals surface area contributed by atoms with E-state index >= 15 is 0 Å². The summed E-state index contributed by atoms with van der Waals surface area (Å²) in [5.74, 6) is 0.475. The summed E-state index contributed by atoms with van der Waals surface area (Å²) < 4.78 is 10.4. The highest BCUT2D eigenvalue weighted by Crippen LogP contribution is 2.49. The van der Waals surface area contributed by atoms with Gasteiger partial charge < -0.3 is 10.5 Å². The van der Waals surface area contributed by atoms with Crippen molar-refractivity contribution in [2.24, 2.45) is 5.73 Å². The lowest BCUT2D eigenvalue weighted by Crippen LogP contribution is -2.76. The van der Waals surface area contributed by atoms with E-state index in [1.807, 2.05) is 27.0 Å². The summed E-state index contributed by atoms with van der Waals surface area (Å²) in [7, 11) is 0. The molecule has 2 aliphatic heterocycles. The molecule has 11 heteroatoms. The fraction of sp³-hybridized carbons (Fsp3) is 0.600. The molecule has 1 fully saturated rings. The molecule has 1 amide bonds. The number of carbonyl (C=O) groups excluding carboxylic acids is 2. The topological polar surface area (TPSA) is 98.4 Å². The quantitative estimate of drug-likeness (QED) is 0.325. The van der Waals surface area contributed by atoms with Crippen molar-refractivity contribution in [3.8, 4) is 0 Å². The van der Waals surface area contributed by atoms with Gasteiger partial charge in [0, 0.05) is 11.5 Å². The molecule has 26 heavy (non-hydrogen) atoms. The molecule has 1 aromatic rings. The Morgan fingerprint density at radius 3 is 2.85 bits per heavy atom.